The largest absolute Gasteiger partial charge is 0.326 e. The van der Waals surface area contributed by atoms with Crippen molar-refractivity contribution >= 4 is 29.1 Å². The average Bonchev–Trinajstić information content (AvgIpc) is 3.05. The van der Waals surface area contributed by atoms with Crippen molar-refractivity contribution in [3.8, 4) is 11.4 Å². The SMILES string of the molecule is CC(=O)Nc1ccc(C2=Nn3c(nnc3-c3ccncc3)S[C@H]2C)cc1. The Morgan fingerprint density at radius 2 is 1.81 bits per heavy atom. The van der Waals surface area contributed by atoms with Gasteiger partial charge in [0.15, 0.2) is 5.82 Å². The second-order valence-electron chi connectivity index (χ2n) is 5.86. The number of hydrogen-bond acceptors (Lipinski definition) is 6. The third-order valence-electron chi connectivity index (χ3n) is 3.93. The minimum absolute atomic E-state index is 0.0900. The van der Waals surface area contributed by atoms with Crippen LogP contribution in [0.1, 0.15) is 19.4 Å². The van der Waals surface area contributed by atoms with E-state index in [9.17, 15) is 4.79 Å². The number of thioether (sulfide) groups is 1. The van der Waals surface area contributed by atoms with Crippen LogP contribution in [0, 0.1) is 0 Å². The Hall–Kier alpha value is -3.00. The first kappa shape index (κ1) is 16.5. The summed E-state index contributed by atoms with van der Waals surface area (Å²) in [5, 5.41) is 17.0. The Kier molecular flexibility index (Phi) is 4.26. The number of benzene rings is 1. The molecular weight excluding hydrogens is 348 g/mol. The van der Waals surface area contributed by atoms with Crippen LogP contribution in [0.25, 0.3) is 11.4 Å². The highest BCUT2D eigenvalue weighted by molar-refractivity contribution is 8.00. The third kappa shape index (κ3) is 3.11. The molecule has 26 heavy (non-hydrogen) atoms. The van der Waals surface area contributed by atoms with E-state index >= 15 is 0 Å². The predicted molar refractivity (Wildman–Crippen MR) is 101 cm³/mol. The van der Waals surface area contributed by atoms with Crippen molar-refractivity contribution in [2.24, 2.45) is 5.10 Å². The number of carbonyl (C=O) groups excluding carboxylic acids is 1. The molecular formula is C18H16N6OS. The third-order valence-corrected chi connectivity index (χ3v) is 4.97. The topological polar surface area (TPSA) is 85.1 Å². The maximum atomic E-state index is 11.2. The first-order chi connectivity index (χ1) is 12.6. The maximum Gasteiger partial charge on any atom is 0.221 e. The maximum absolute atomic E-state index is 11.2. The number of fused-ring (bicyclic) bond motifs is 1. The molecule has 0 radical (unpaired) electrons. The van der Waals surface area contributed by atoms with E-state index in [-0.39, 0.29) is 11.2 Å². The lowest BCUT2D eigenvalue weighted by molar-refractivity contribution is -0.114. The van der Waals surface area contributed by atoms with Crippen molar-refractivity contribution in [1.82, 2.24) is 19.9 Å². The van der Waals surface area contributed by atoms with E-state index in [2.05, 4.69) is 27.4 Å². The summed E-state index contributed by atoms with van der Waals surface area (Å²) in [4.78, 5) is 15.2. The fourth-order valence-electron chi connectivity index (χ4n) is 2.73. The molecule has 1 aliphatic rings. The van der Waals surface area contributed by atoms with Crippen LogP contribution in [0.3, 0.4) is 0 Å². The molecule has 4 rings (SSSR count). The molecule has 2 aromatic heterocycles. The van der Waals surface area contributed by atoms with Gasteiger partial charge in [-0.05, 0) is 36.8 Å². The number of rotatable bonds is 3. The molecule has 7 nitrogen and oxygen atoms in total. The summed E-state index contributed by atoms with van der Waals surface area (Å²) in [5.41, 5.74) is 3.62. The van der Waals surface area contributed by atoms with Crippen molar-refractivity contribution in [3.05, 3.63) is 54.4 Å². The van der Waals surface area contributed by atoms with Crippen LogP contribution in [0.4, 0.5) is 5.69 Å². The van der Waals surface area contributed by atoms with E-state index in [1.54, 1.807) is 28.8 Å². The summed E-state index contributed by atoms with van der Waals surface area (Å²) < 4.78 is 1.77. The van der Waals surface area contributed by atoms with Crippen molar-refractivity contribution in [3.63, 3.8) is 0 Å². The number of nitrogens with one attached hydrogen (secondary N) is 1. The normalized spacial score (nSPS) is 15.9. The molecule has 130 valence electrons. The Bertz CT molecular complexity index is 981. The number of pyridine rings is 1. The fraction of sp³-hybridized carbons (Fsp3) is 0.167. The molecule has 1 amide bonds. The molecule has 0 saturated heterocycles. The predicted octanol–water partition coefficient (Wildman–Crippen LogP) is 3.05. The van der Waals surface area contributed by atoms with Crippen molar-refractivity contribution in [2.45, 2.75) is 24.3 Å². The number of hydrogen-bond donors (Lipinski definition) is 1. The Morgan fingerprint density at radius 1 is 1.08 bits per heavy atom. The van der Waals surface area contributed by atoms with Gasteiger partial charge in [-0.25, -0.2) is 0 Å². The lowest BCUT2D eigenvalue weighted by Gasteiger charge is -2.20. The summed E-state index contributed by atoms with van der Waals surface area (Å²) in [6.07, 6.45) is 3.45. The van der Waals surface area contributed by atoms with Crippen molar-refractivity contribution < 1.29 is 4.79 Å². The lowest BCUT2D eigenvalue weighted by Crippen LogP contribution is -2.21. The highest BCUT2D eigenvalue weighted by atomic mass is 32.2. The van der Waals surface area contributed by atoms with E-state index in [1.807, 2.05) is 36.4 Å². The van der Waals surface area contributed by atoms with Gasteiger partial charge in [-0.3, -0.25) is 9.78 Å². The van der Waals surface area contributed by atoms with Crippen LogP contribution in [0.15, 0.2) is 59.0 Å². The van der Waals surface area contributed by atoms with E-state index < -0.39 is 0 Å². The quantitative estimate of drug-likeness (QED) is 0.772. The first-order valence-corrected chi connectivity index (χ1v) is 8.99. The molecule has 0 saturated carbocycles. The van der Waals surface area contributed by atoms with E-state index in [0.29, 0.717) is 5.82 Å². The molecule has 0 aliphatic carbocycles. The van der Waals surface area contributed by atoms with Crippen LogP contribution < -0.4 is 5.32 Å². The van der Waals surface area contributed by atoms with Gasteiger partial charge in [0.2, 0.25) is 11.1 Å². The zero-order valence-electron chi connectivity index (χ0n) is 14.2. The summed E-state index contributed by atoms with van der Waals surface area (Å²) in [7, 11) is 0. The number of amides is 1. The van der Waals surface area contributed by atoms with Gasteiger partial charge in [0.1, 0.15) is 0 Å². The van der Waals surface area contributed by atoms with Crippen molar-refractivity contribution in [1.29, 1.82) is 0 Å². The van der Waals surface area contributed by atoms with Crippen LogP contribution in [-0.4, -0.2) is 36.7 Å². The molecule has 1 aromatic carbocycles. The molecule has 1 atom stereocenters. The number of carbonyl (C=O) groups is 1. The molecule has 1 N–H and O–H groups in total. The number of anilines is 1. The second-order valence-corrected chi connectivity index (χ2v) is 7.17. The summed E-state index contributed by atoms with van der Waals surface area (Å²) in [6, 6.07) is 11.4. The molecule has 0 spiro atoms. The molecule has 8 heteroatoms. The number of aromatic nitrogens is 4. The zero-order valence-corrected chi connectivity index (χ0v) is 15.1. The Balaban J connectivity index is 1.72. The smallest absolute Gasteiger partial charge is 0.221 e. The monoisotopic (exact) mass is 364 g/mol. The van der Waals surface area contributed by atoms with Crippen LogP contribution in [0.5, 0.6) is 0 Å². The molecule has 0 bridgehead atoms. The van der Waals surface area contributed by atoms with Crippen LogP contribution in [0.2, 0.25) is 0 Å². The first-order valence-electron chi connectivity index (χ1n) is 8.11. The standard InChI is InChI=1S/C18H16N6OS/c1-11-16(13-3-5-15(6-4-13)20-12(2)25)23-24-17(21-22-18(24)26-11)14-7-9-19-10-8-14/h3-11H,1-2H3,(H,20,25)/t11-/m0/s1. The van der Waals surface area contributed by atoms with E-state index in [1.165, 1.54) is 6.92 Å². The summed E-state index contributed by atoms with van der Waals surface area (Å²) in [5.74, 6) is 0.599. The van der Waals surface area contributed by atoms with Gasteiger partial charge in [-0.15, -0.1) is 10.2 Å². The van der Waals surface area contributed by atoms with Gasteiger partial charge in [-0.2, -0.15) is 9.78 Å². The van der Waals surface area contributed by atoms with E-state index in [0.717, 1.165) is 27.7 Å². The summed E-state index contributed by atoms with van der Waals surface area (Å²) >= 11 is 1.62. The van der Waals surface area contributed by atoms with Gasteiger partial charge in [0, 0.05) is 30.6 Å². The van der Waals surface area contributed by atoms with Crippen LogP contribution >= 0.6 is 11.8 Å². The second kappa shape index (κ2) is 6.72. The molecule has 3 aromatic rings. The minimum Gasteiger partial charge on any atom is -0.326 e. The van der Waals surface area contributed by atoms with Crippen LogP contribution in [-0.2, 0) is 4.79 Å². The highest BCUT2D eigenvalue weighted by Gasteiger charge is 2.26. The van der Waals surface area contributed by atoms with Gasteiger partial charge in [0.25, 0.3) is 0 Å². The molecule has 0 unspecified atom stereocenters. The minimum atomic E-state index is -0.0900. The highest BCUT2D eigenvalue weighted by Crippen LogP contribution is 2.32. The number of nitrogens with zero attached hydrogens (tertiary/aromatic N) is 5. The Morgan fingerprint density at radius 3 is 2.50 bits per heavy atom. The van der Waals surface area contributed by atoms with Gasteiger partial charge in [-0.1, -0.05) is 23.9 Å². The Labute approximate surface area is 154 Å². The lowest BCUT2D eigenvalue weighted by atomic mass is 10.1. The van der Waals surface area contributed by atoms with E-state index in [4.69, 9.17) is 5.10 Å². The zero-order chi connectivity index (χ0) is 18.1. The summed E-state index contributed by atoms with van der Waals surface area (Å²) in [6.45, 7) is 3.58. The average molecular weight is 364 g/mol. The van der Waals surface area contributed by atoms with Crippen molar-refractivity contribution in [2.75, 3.05) is 5.32 Å². The van der Waals surface area contributed by atoms with Gasteiger partial charge >= 0.3 is 0 Å². The molecule has 0 fully saturated rings. The molecule has 1 aliphatic heterocycles. The fourth-order valence-corrected chi connectivity index (χ4v) is 3.66. The van der Waals surface area contributed by atoms with Gasteiger partial charge in [0.05, 0.1) is 11.0 Å². The van der Waals surface area contributed by atoms with Gasteiger partial charge < -0.3 is 5.32 Å². The molecule has 3 heterocycles.